The maximum Gasteiger partial charge on any atom is 2.00 e. The van der Waals surface area contributed by atoms with E-state index in [4.69, 9.17) is 0 Å². The van der Waals surface area contributed by atoms with E-state index in [0.29, 0.717) is 0 Å². The van der Waals surface area contributed by atoms with Gasteiger partial charge in [-0.2, -0.15) is 0 Å². The predicted molar refractivity (Wildman–Crippen MR) is 12.8 cm³/mol. The van der Waals surface area contributed by atoms with Gasteiger partial charge in [0.25, 0.3) is 0 Å². The van der Waals surface area contributed by atoms with E-state index in [-0.39, 0.29) is 102 Å². The Hall–Kier alpha value is 2.92. The minimum Gasteiger partial charge on any atom is -0.358 e. The van der Waals surface area contributed by atoms with Gasteiger partial charge in [-0.1, -0.05) is 0 Å². The molecule has 0 aliphatic rings. The van der Waals surface area contributed by atoms with Crippen molar-refractivity contribution in [1.29, 1.82) is 0 Å². The number of hydrogen-bond acceptors (Lipinski definition) is 0. The summed E-state index contributed by atoms with van der Waals surface area (Å²) < 4.78 is 0. The number of rotatable bonds is 0. The Balaban J connectivity index is 0. The van der Waals surface area contributed by atoms with Gasteiger partial charge in [0.15, 0.2) is 0 Å². The fourth-order valence-electron chi connectivity index (χ4n) is 0. The molecular weight excluding hydrogens is 250 g/mol. The molecule has 2 radical (unpaired) electrons. The van der Waals surface area contributed by atoms with Crippen molar-refractivity contribution in [3.8, 4) is 0 Å². The molecule has 0 aromatic carbocycles. The maximum absolute atomic E-state index is 0. The van der Waals surface area contributed by atoms with Crippen molar-refractivity contribution in [1.82, 2.24) is 0 Å². The molecule has 0 spiro atoms. The van der Waals surface area contributed by atoms with Crippen molar-refractivity contribution in [2.24, 2.45) is 0 Å². The number of hydrogen-bond donors (Lipinski definition) is 0. The van der Waals surface area contributed by atoms with Crippen LogP contribution >= 0.6 is 0 Å². The molecule has 0 aliphatic heterocycles. The maximum atomic E-state index is 0. The molecule has 0 atom stereocenters. The molecule has 0 aliphatic carbocycles. The van der Waals surface area contributed by atoms with E-state index in [1.807, 2.05) is 0 Å². The zero-order chi connectivity index (χ0) is 0. The van der Waals surface area contributed by atoms with Gasteiger partial charge in [-0.25, -0.2) is 0 Å². The van der Waals surface area contributed by atoms with Gasteiger partial charge in [0.2, 0.25) is 0 Å². The van der Waals surface area contributed by atoms with Gasteiger partial charge in [0.05, 0.1) is 0 Å². The van der Waals surface area contributed by atoms with E-state index in [9.17, 15) is 0 Å². The molecule has 0 saturated heterocycles. The van der Waals surface area contributed by atoms with Crippen LogP contribution in [0.2, 0.25) is 0 Å². The van der Waals surface area contributed by atoms with E-state index in [0.717, 1.165) is 0 Å². The van der Waals surface area contributed by atoms with Crippen LogP contribution in [0.1, 0.15) is 0 Å². The van der Waals surface area contributed by atoms with Crippen molar-refractivity contribution in [2.45, 2.75) is 0 Å². The monoisotopic (exact) mass is 256 g/mol. The van der Waals surface area contributed by atoms with Crippen LogP contribution in [-0.2, 0) is 87.1 Å². The molecule has 0 unspecified atom stereocenters. The van der Waals surface area contributed by atoms with Crippen LogP contribution in [0, 0.1) is 14.9 Å². The van der Waals surface area contributed by atoms with Crippen LogP contribution in [0.25, 0.3) is 0 Å². The molecule has 0 bridgehead atoms. The second-order valence-electron chi connectivity index (χ2n) is 0. The minimum absolute atomic E-state index is 0. The molecule has 0 aromatic heterocycles. The Morgan fingerprint density at radius 3 is 0.600 bits per heavy atom. The second-order valence-corrected chi connectivity index (χ2v) is 0. The van der Waals surface area contributed by atoms with E-state index in [2.05, 4.69) is 0 Å². The standard InChI is InChI=1S/2CH3.Ti.2Y/h2*1H3;;;/q2*-1;+2;;. The van der Waals surface area contributed by atoms with Gasteiger partial charge < -0.3 is 14.9 Å². The SMILES string of the molecule is [CH3-].[CH3-].[Ti+2].[Y].[Y]. The van der Waals surface area contributed by atoms with E-state index >= 15 is 0 Å². The Morgan fingerprint density at radius 2 is 0.600 bits per heavy atom. The Kier molecular flexibility index (Phi) is 253. The summed E-state index contributed by atoms with van der Waals surface area (Å²) in [5.74, 6) is 0. The summed E-state index contributed by atoms with van der Waals surface area (Å²) in [6.07, 6.45) is 0. The summed E-state index contributed by atoms with van der Waals surface area (Å²) in [5.41, 5.74) is 0. The van der Waals surface area contributed by atoms with Crippen LogP contribution in [0.3, 0.4) is 0 Å². The molecule has 0 saturated carbocycles. The molecule has 5 heavy (non-hydrogen) atoms. The van der Waals surface area contributed by atoms with Crippen LogP contribution in [-0.4, -0.2) is 0 Å². The smallest absolute Gasteiger partial charge is 0.358 e. The molecule has 24 valence electrons. The summed E-state index contributed by atoms with van der Waals surface area (Å²) in [4.78, 5) is 0. The van der Waals surface area contributed by atoms with Crippen molar-refractivity contribution >= 4 is 0 Å². The van der Waals surface area contributed by atoms with Gasteiger partial charge >= 0.3 is 21.7 Å². The molecule has 0 amide bonds. The fraction of sp³-hybridized carbons (Fsp3) is 0. The molecule has 0 aromatic rings. The molecule has 0 fully saturated rings. The summed E-state index contributed by atoms with van der Waals surface area (Å²) >= 11 is 0. The second kappa shape index (κ2) is 28.4. The van der Waals surface area contributed by atoms with E-state index in [1.54, 1.807) is 0 Å². The van der Waals surface area contributed by atoms with Crippen LogP contribution < -0.4 is 0 Å². The molecule has 3 heteroatoms. The molecule has 0 N–H and O–H groups in total. The quantitative estimate of drug-likeness (QED) is 0.446. The zero-order valence-corrected chi connectivity index (χ0v) is 10.9. The first-order valence-electron chi connectivity index (χ1n) is 0. The van der Waals surface area contributed by atoms with Gasteiger partial charge in [-0.3, -0.25) is 0 Å². The predicted octanol–water partition coefficient (Wildman–Crippen LogP) is 0.893. The van der Waals surface area contributed by atoms with Crippen LogP contribution in [0.15, 0.2) is 0 Å². The largest absolute Gasteiger partial charge is 2.00 e. The van der Waals surface area contributed by atoms with E-state index in [1.165, 1.54) is 0 Å². The first-order chi connectivity index (χ1) is 0. The van der Waals surface area contributed by atoms with Crippen molar-refractivity contribution < 1.29 is 87.1 Å². The summed E-state index contributed by atoms with van der Waals surface area (Å²) in [7, 11) is 0. The zero-order valence-electron chi connectivity index (χ0n) is 3.65. The molecule has 0 nitrogen and oxygen atoms in total. The van der Waals surface area contributed by atoms with Crippen molar-refractivity contribution in [3.05, 3.63) is 14.9 Å². The first kappa shape index (κ1) is 44.5. The summed E-state index contributed by atoms with van der Waals surface area (Å²) in [5, 5.41) is 0. The Morgan fingerprint density at radius 1 is 0.600 bits per heavy atom. The van der Waals surface area contributed by atoms with Gasteiger partial charge in [0, 0.05) is 65.4 Å². The van der Waals surface area contributed by atoms with Gasteiger partial charge in [-0.05, 0) is 0 Å². The van der Waals surface area contributed by atoms with Crippen molar-refractivity contribution in [2.75, 3.05) is 0 Å². The Labute approximate surface area is 99.9 Å². The normalized spacial score (nSPS) is 0. The third-order valence-corrected chi connectivity index (χ3v) is 0. The average molecular weight is 256 g/mol. The topological polar surface area (TPSA) is 0 Å². The summed E-state index contributed by atoms with van der Waals surface area (Å²) in [6.45, 7) is 0. The van der Waals surface area contributed by atoms with Crippen LogP contribution in [0.5, 0.6) is 0 Å². The average Bonchev–Trinajstić information content (AvgIpc) is 0. The summed E-state index contributed by atoms with van der Waals surface area (Å²) in [6, 6.07) is 0. The molecular formula is C2H6TiY2. The first-order valence-corrected chi connectivity index (χ1v) is 0. The van der Waals surface area contributed by atoms with Crippen molar-refractivity contribution in [3.63, 3.8) is 0 Å². The Bertz CT molecular complexity index is 7.61. The molecule has 0 heterocycles. The third-order valence-electron chi connectivity index (χ3n) is 0. The van der Waals surface area contributed by atoms with E-state index < -0.39 is 0 Å². The molecule has 0 rings (SSSR count). The van der Waals surface area contributed by atoms with Gasteiger partial charge in [-0.15, -0.1) is 0 Å². The van der Waals surface area contributed by atoms with Crippen LogP contribution in [0.4, 0.5) is 0 Å². The fourth-order valence-corrected chi connectivity index (χ4v) is 0. The van der Waals surface area contributed by atoms with Gasteiger partial charge in [0.1, 0.15) is 0 Å². The minimum atomic E-state index is 0. The third kappa shape index (κ3) is 19.6.